The first kappa shape index (κ1) is 13.0. The Bertz CT molecular complexity index is 193. The van der Waals surface area contributed by atoms with E-state index in [0.29, 0.717) is 11.6 Å². The van der Waals surface area contributed by atoms with Gasteiger partial charge in [-0.25, -0.2) is 0 Å². The lowest BCUT2D eigenvalue weighted by Crippen LogP contribution is -2.69. The molecule has 1 heterocycles. The van der Waals surface area contributed by atoms with Gasteiger partial charge in [0.1, 0.15) is 0 Å². The quantitative estimate of drug-likeness (QED) is 0.662. The molecular formula is C14H29N. The minimum absolute atomic E-state index is 0.517. The fourth-order valence-electron chi connectivity index (χ4n) is 3.60. The highest BCUT2D eigenvalue weighted by Gasteiger charge is 2.51. The maximum absolute atomic E-state index is 2.76. The zero-order valence-corrected chi connectivity index (χ0v) is 11.5. The third-order valence-corrected chi connectivity index (χ3v) is 4.23. The molecule has 1 aliphatic rings. The van der Waals surface area contributed by atoms with Gasteiger partial charge in [-0.2, -0.15) is 0 Å². The molecule has 0 aromatic carbocycles. The minimum Gasteiger partial charge on any atom is -0.292 e. The maximum Gasteiger partial charge on any atom is 0.0252 e. The Morgan fingerprint density at radius 3 is 2.20 bits per heavy atom. The lowest BCUT2D eigenvalue weighted by Gasteiger charge is -2.62. The van der Waals surface area contributed by atoms with Crippen LogP contribution in [0.25, 0.3) is 0 Å². The molecule has 0 N–H and O–H groups in total. The SMILES string of the molecule is CCCCC1(C(C)C)CC(C)N1C(C)C. The molecule has 0 bridgehead atoms. The van der Waals surface area contributed by atoms with Crippen LogP contribution in [0, 0.1) is 5.92 Å². The molecule has 0 spiro atoms. The number of rotatable bonds is 5. The van der Waals surface area contributed by atoms with Gasteiger partial charge in [-0.15, -0.1) is 0 Å². The fourth-order valence-corrected chi connectivity index (χ4v) is 3.60. The van der Waals surface area contributed by atoms with Gasteiger partial charge in [0.15, 0.2) is 0 Å². The summed E-state index contributed by atoms with van der Waals surface area (Å²) < 4.78 is 0. The van der Waals surface area contributed by atoms with Crippen molar-refractivity contribution >= 4 is 0 Å². The smallest absolute Gasteiger partial charge is 0.0252 e. The molecule has 1 aliphatic heterocycles. The van der Waals surface area contributed by atoms with Crippen molar-refractivity contribution < 1.29 is 0 Å². The highest BCUT2D eigenvalue weighted by atomic mass is 15.3. The molecule has 0 aromatic rings. The highest BCUT2D eigenvalue weighted by Crippen LogP contribution is 2.46. The Morgan fingerprint density at radius 2 is 1.87 bits per heavy atom. The van der Waals surface area contributed by atoms with Crippen LogP contribution in [0.4, 0.5) is 0 Å². The van der Waals surface area contributed by atoms with Crippen molar-refractivity contribution in [3.8, 4) is 0 Å². The van der Waals surface area contributed by atoms with Crippen LogP contribution in [0.2, 0.25) is 0 Å². The second-order valence-electron chi connectivity index (χ2n) is 5.92. The highest BCUT2D eigenvalue weighted by molar-refractivity contribution is 5.07. The van der Waals surface area contributed by atoms with Gasteiger partial charge in [0.05, 0.1) is 0 Å². The first-order valence-corrected chi connectivity index (χ1v) is 6.74. The lowest BCUT2D eigenvalue weighted by atomic mass is 9.67. The summed E-state index contributed by atoms with van der Waals surface area (Å²) in [6.07, 6.45) is 5.51. The van der Waals surface area contributed by atoms with Gasteiger partial charge in [0.25, 0.3) is 0 Å². The van der Waals surface area contributed by atoms with Crippen LogP contribution in [0.1, 0.15) is 67.2 Å². The summed E-state index contributed by atoms with van der Waals surface area (Å²) in [5.41, 5.74) is 0.517. The Morgan fingerprint density at radius 1 is 1.27 bits per heavy atom. The van der Waals surface area contributed by atoms with E-state index in [1.54, 1.807) is 0 Å². The Kier molecular flexibility index (Phi) is 4.22. The van der Waals surface area contributed by atoms with E-state index in [9.17, 15) is 0 Å². The molecule has 2 atom stereocenters. The fraction of sp³-hybridized carbons (Fsp3) is 1.00. The van der Waals surface area contributed by atoms with Crippen LogP contribution in [0.15, 0.2) is 0 Å². The zero-order valence-electron chi connectivity index (χ0n) is 11.5. The molecule has 1 nitrogen and oxygen atoms in total. The Hall–Kier alpha value is -0.0400. The van der Waals surface area contributed by atoms with Crippen molar-refractivity contribution in [1.29, 1.82) is 0 Å². The van der Waals surface area contributed by atoms with E-state index >= 15 is 0 Å². The summed E-state index contributed by atoms with van der Waals surface area (Å²) in [5, 5.41) is 0. The normalized spacial score (nSPS) is 32.4. The van der Waals surface area contributed by atoms with E-state index in [0.717, 1.165) is 12.0 Å². The molecule has 1 saturated heterocycles. The van der Waals surface area contributed by atoms with Crippen LogP contribution in [0.5, 0.6) is 0 Å². The summed E-state index contributed by atoms with van der Waals surface area (Å²) in [7, 11) is 0. The molecule has 1 fully saturated rings. The van der Waals surface area contributed by atoms with E-state index in [4.69, 9.17) is 0 Å². The molecule has 0 saturated carbocycles. The van der Waals surface area contributed by atoms with Gasteiger partial charge in [-0.3, -0.25) is 4.90 Å². The topological polar surface area (TPSA) is 3.24 Å². The number of unbranched alkanes of at least 4 members (excludes halogenated alkanes) is 1. The first-order chi connectivity index (χ1) is 6.95. The Balaban J connectivity index is 2.74. The summed E-state index contributed by atoms with van der Waals surface area (Å²) in [6, 6.07) is 1.50. The number of hydrogen-bond acceptors (Lipinski definition) is 1. The number of nitrogens with zero attached hydrogens (tertiary/aromatic N) is 1. The molecule has 0 aliphatic carbocycles. The maximum atomic E-state index is 2.76. The van der Waals surface area contributed by atoms with Gasteiger partial charge in [-0.05, 0) is 39.5 Å². The number of likely N-dealkylation sites (tertiary alicyclic amines) is 1. The van der Waals surface area contributed by atoms with Crippen molar-refractivity contribution in [3.05, 3.63) is 0 Å². The largest absolute Gasteiger partial charge is 0.292 e. The monoisotopic (exact) mass is 211 g/mol. The van der Waals surface area contributed by atoms with E-state index in [1.807, 2.05) is 0 Å². The second kappa shape index (κ2) is 4.86. The van der Waals surface area contributed by atoms with Gasteiger partial charge in [0.2, 0.25) is 0 Å². The van der Waals surface area contributed by atoms with Crippen molar-refractivity contribution in [2.75, 3.05) is 0 Å². The third kappa shape index (κ3) is 2.22. The summed E-state index contributed by atoms with van der Waals surface area (Å²) >= 11 is 0. The predicted molar refractivity (Wildman–Crippen MR) is 68.1 cm³/mol. The van der Waals surface area contributed by atoms with Crippen LogP contribution in [0.3, 0.4) is 0 Å². The molecule has 90 valence electrons. The third-order valence-electron chi connectivity index (χ3n) is 4.23. The van der Waals surface area contributed by atoms with E-state index in [-0.39, 0.29) is 0 Å². The number of hydrogen-bond donors (Lipinski definition) is 0. The van der Waals surface area contributed by atoms with E-state index < -0.39 is 0 Å². The molecule has 1 heteroatoms. The summed E-state index contributed by atoms with van der Waals surface area (Å²) in [6.45, 7) is 14.2. The van der Waals surface area contributed by atoms with Gasteiger partial charge >= 0.3 is 0 Å². The molecule has 2 unspecified atom stereocenters. The standard InChI is InChI=1S/C14H29N/c1-7-8-9-14(11(2)3)10-13(6)15(14)12(4)5/h11-13H,7-10H2,1-6H3. The molecular weight excluding hydrogens is 182 g/mol. The molecule has 0 amide bonds. The van der Waals surface area contributed by atoms with Crippen LogP contribution < -0.4 is 0 Å². The summed E-state index contributed by atoms with van der Waals surface area (Å²) in [4.78, 5) is 2.76. The van der Waals surface area contributed by atoms with E-state index in [1.165, 1.54) is 25.7 Å². The van der Waals surface area contributed by atoms with Crippen molar-refractivity contribution in [2.24, 2.45) is 5.92 Å². The van der Waals surface area contributed by atoms with Crippen molar-refractivity contribution in [3.63, 3.8) is 0 Å². The van der Waals surface area contributed by atoms with Gasteiger partial charge in [-0.1, -0.05) is 33.6 Å². The average molecular weight is 211 g/mol. The second-order valence-corrected chi connectivity index (χ2v) is 5.92. The van der Waals surface area contributed by atoms with Crippen LogP contribution in [-0.4, -0.2) is 22.5 Å². The van der Waals surface area contributed by atoms with Crippen molar-refractivity contribution in [2.45, 2.75) is 84.8 Å². The predicted octanol–water partition coefficient (Wildman–Crippen LogP) is 4.07. The van der Waals surface area contributed by atoms with Crippen LogP contribution >= 0.6 is 0 Å². The molecule has 0 radical (unpaired) electrons. The lowest BCUT2D eigenvalue weighted by molar-refractivity contribution is -0.122. The first-order valence-electron chi connectivity index (χ1n) is 6.74. The van der Waals surface area contributed by atoms with Gasteiger partial charge in [0, 0.05) is 17.6 Å². The van der Waals surface area contributed by atoms with Crippen molar-refractivity contribution in [1.82, 2.24) is 4.90 Å². The molecule has 0 aromatic heterocycles. The molecule has 1 rings (SSSR count). The Labute approximate surface area is 96.2 Å². The molecule has 15 heavy (non-hydrogen) atoms. The average Bonchev–Trinajstić information content (AvgIpc) is 2.09. The van der Waals surface area contributed by atoms with Gasteiger partial charge < -0.3 is 0 Å². The zero-order chi connectivity index (χ0) is 11.6. The summed E-state index contributed by atoms with van der Waals surface area (Å²) in [5.74, 6) is 0.794. The minimum atomic E-state index is 0.517. The van der Waals surface area contributed by atoms with E-state index in [2.05, 4.69) is 46.4 Å². The van der Waals surface area contributed by atoms with Crippen LogP contribution in [-0.2, 0) is 0 Å².